The number of anilines is 6. The quantitative estimate of drug-likeness (QED) is 0.135. The molecule has 18 aromatic rings. The van der Waals surface area contributed by atoms with Crippen LogP contribution < -0.4 is 26.2 Å². The molecule has 0 saturated heterocycles. The summed E-state index contributed by atoms with van der Waals surface area (Å²) in [4.78, 5) is 5.35. The standard InChI is InChI=1S/C90H57BN4O/c1-6-26-58(27-7-1)66-40-24-41-67(59-28-8-2-9-29-59)89(66)94-82-55-65(93-78-44-20-16-36-70(78)71-37-17-21-45-79(71)93)49-50-76(82)91-77-56-74-72-38-18-22-46-80(72)92(64-34-14-5-15-35-64)81(74)57-83(77)95(90-68(60-30-10-3-11-31-60)42-25-43-69(90)61-32-12-4-13-33-61)85-54-63(53-84(94)88(85)91)62-48-51-87-75(52-62)73-39-19-23-47-86(73)96-87/h1-57H. The van der Waals surface area contributed by atoms with Crippen LogP contribution in [0.2, 0.25) is 0 Å². The predicted octanol–water partition coefficient (Wildman–Crippen LogP) is 22.2. The molecule has 0 bridgehead atoms. The van der Waals surface area contributed by atoms with E-state index in [2.05, 4.69) is 365 Å². The first kappa shape index (κ1) is 54.0. The number of fused-ring (bicyclic) bond motifs is 13. The smallest absolute Gasteiger partial charge is 0.252 e. The molecule has 2 aliphatic heterocycles. The molecule has 0 amide bonds. The van der Waals surface area contributed by atoms with Crippen LogP contribution in [0.25, 0.3) is 133 Å². The van der Waals surface area contributed by atoms with Crippen LogP contribution in [-0.4, -0.2) is 15.8 Å². The molecule has 6 heteroatoms. The van der Waals surface area contributed by atoms with E-state index in [-0.39, 0.29) is 6.71 Å². The Morgan fingerprint density at radius 3 is 1.18 bits per heavy atom. The lowest BCUT2D eigenvalue weighted by atomic mass is 9.33. The average molecular weight is 1220 g/mol. The fourth-order valence-corrected chi connectivity index (χ4v) is 16.2. The van der Waals surface area contributed by atoms with Crippen LogP contribution >= 0.6 is 0 Å². The fraction of sp³-hybridized carbons (Fsp3) is 0. The Balaban J connectivity index is 0.993. The third-order valence-corrected chi connectivity index (χ3v) is 20.3. The maximum atomic E-state index is 6.62. The molecule has 96 heavy (non-hydrogen) atoms. The lowest BCUT2D eigenvalue weighted by Crippen LogP contribution is -2.61. The number of nitrogens with zero attached hydrogens (tertiary/aromatic N) is 4. The summed E-state index contributed by atoms with van der Waals surface area (Å²) in [5.41, 5.74) is 29.9. The highest BCUT2D eigenvalue weighted by Gasteiger charge is 2.46. The summed E-state index contributed by atoms with van der Waals surface area (Å²) in [5.74, 6) is 0. The van der Waals surface area contributed by atoms with E-state index in [0.717, 1.165) is 145 Å². The van der Waals surface area contributed by atoms with Crippen LogP contribution in [0.15, 0.2) is 350 Å². The van der Waals surface area contributed by atoms with Gasteiger partial charge in [0.2, 0.25) is 0 Å². The van der Waals surface area contributed by atoms with Crippen LogP contribution in [0.1, 0.15) is 0 Å². The number of hydrogen-bond donors (Lipinski definition) is 0. The second-order valence-corrected chi connectivity index (χ2v) is 25.4. The third-order valence-electron chi connectivity index (χ3n) is 20.3. The maximum Gasteiger partial charge on any atom is 0.252 e. The van der Waals surface area contributed by atoms with Gasteiger partial charge in [-0.3, -0.25) is 0 Å². The molecule has 0 unspecified atom stereocenters. The monoisotopic (exact) mass is 1220 g/mol. The predicted molar refractivity (Wildman–Crippen MR) is 404 cm³/mol. The van der Waals surface area contributed by atoms with E-state index in [1.807, 2.05) is 0 Å². The number of furan rings is 1. The molecular weight excluding hydrogens is 1160 g/mol. The van der Waals surface area contributed by atoms with E-state index in [9.17, 15) is 0 Å². The van der Waals surface area contributed by atoms with Gasteiger partial charge in [-0.1, -0.05) is 267 Å². The molecule has 5 nitrogen and oxygen atoms in total. The van der Waals surface area contributed by atoms with E-state index < -0.39 is 0 Å². The van der Waals surface area contributed by atoms with Crippen molar-refractivity contribution in [2.75, 3.05) is 9.80 Å². The minimum atomic E-state index is -0.273. The van der Waals surface area contributed by atoms with Gasteiger partial charge in [0.1, 0.15) is 11.2 Å². The summed E-state index contributed by atoms with van der Waals surface area (Å²) >= 11 is 0. The van der Waals surface area contributed by atoms with Gasteiger partial charge in [0.15, 0.2) is 0 Å². The van der Waals surface area contributed by atoms with Gasteiger partial charge in [-0.05, 0) is 129 Å². The van der Waals surface area contributed by atoms with Crippen molar-refractivity contribution < 1.29 is 4.42 Å². The first-order valence-corrected chi connectivity index (χ1v) is 33.1. The topological polar surface area (TPSA) is 29.5 Å². The van der Waals surface area contributed by atoms with E-state index in [1.165, 1.54) is 37.9 Å². The molecule has 3 aromatic heterocycles. The van der Waals surface area contributed by atoms with Gasteiger partial charge in [-0.25, -0.2) is 0 Å². The lowest BCUT2D eigenvalue weighted by Gasteiger charge is -2.46. The van der Waals surface area contributed by atoms with Gasteiger partial charge in [0, 0.05) is 88.7 Å². The molecule has 0 aliphatic carbocycles. The second kappa shape index (κ2) is 21.5. The largest absolute Gasteiger partial charge is 0.456 e. The van der Waals surface area contributed by atoms with Crippen molar-refractivity contribution in [1.29, 1.82) is 0 Å². The number of rotatable bonds is 9. The summed E-state index contributed by atoms with van der Waals surface area (Å²) in [6.45, 7) is -0.273. The number of benzene rings is 15. The van der Waals surface area contributed by atoms with Crippen LogP contribution in [0, 0.1) is 0 Å². The highest BCUT2D eigenvalue weighted by molar-refractivity contribution is 7.00. The number of hydrogen-bond acceptors (Lipinski definition) is 3. The number of aromatic nitrogens is 2. The second-order valence-electron chi connectivity index (χ2n) is 25.4. The van der Waals surface area contributed by atoms with Gasteiger partial charge in [0.05, 0.1) is 33.4 Å². The van der Waals surface area contributed by atoms with E-state index in [1.54, 1.807) is 0 Å². The molecule has 5 heterocycles. The van der Waals surface area contributed by atoms with Gasteiger partial charge < -0.3 is 23.4 Å². The van der Waals surface area contributed by atoms with Crippen molar-refractivity contribution in [3.63, 3.8) is 0 Å². The Labute approximate surface area is 555 Å². The van der Waals surface area contributed by atoms with Gasteiger partial charge in [-0.2, -0.15) is 0 Å². The zero-order valence-electron chi connectivity index (χ0n) is 52.2. The molecular formula is C90H57BN4O. The first-order valence-electron chi connectivity index (χ1n) is 33.1. The van der Waals surface area contributed by atoms with Crippen LogP contribution in [-0.2, 0) is 0 Å². The first-order chi connectivity index (χ1) is 47.7. The molecule has 0 N–H and O–H groups in total. The Kier molecular flexibility index (Phi) is 12.1. The normalized spacial score (nSPS) is 12.5. The van der Waals surface area contributed by atoms with E-state index in [0.29, 0.717) is 0 Å². The fourth-order valence-electron chi connectivity index (χ4n) is 16.2. The molecule has 15 aromatic carbocycles. The summed E-state index contributed by atoms with van der Waals surface area (Å²) < 4.78 is 11.6. The van der Waals surface area contributed by atoms with Crippen molar-refractivity contribution >= 4 is 123 Å². The van der Waals surface area contributed by atoms with Crippen molar-refractivity contribution in [3.8, 4) is 67.0 Å². The number of para-hydroxylation sites is 7. The van der Waals surface area contributed by atoms with Crippen LogP contribution in [0.4, 0.5) is 34.1 Å². The Morgan fingerprint density at radius 2 is 0.656 bits per heavy atom. The summed E-state index contributed by atoms with van der Waals surface area (Å²) in [6.07, 6.45) is 0. The van der Waals surface area contributed by atoms with Crippen molar-refractivity contribution in [2.45, 2.75) is 0 Å². The zero-order valence-corrected chi connectivity index (χ0v) is 52.2. The van der Waals surface area contributed by atoms with Crippen LogP contribution in [0.3, 0.4) is 0 Å². The molecule has 0 spiro atoms. The molecule has 0 atom stereocenters. The summed E-state index contributed by atoms with van der Waals surface area (Å²) in [6, 6.07) is 128. The van der Waals surface area contributed by atoms with Crippen LogP contribution in [0.5, 0.6) is 0 Å². The zero-order chi connectivity index (χ0) is 63.0. The Hall–Kier alpha value is -12.6. The Morgan fingerprint density at radius 1 is 0.229 bits per heavy atom. The molecule has 2 aliphatic rings. The van der Waals surface area contributed by atoms with Crippen molar-refractivity contribution in [3.05, 3.63) is 346 Å². The van der Waals surface area contributed by atoms with Crippen molar-refractivity contribution in [2.24, 2.45) is 0 Å². The minimum absolute atomic E-state index is 0.273. The Bertz CT molecular complexity index is 5980. The maximum absolute atomic E-state index is 6.62. The van der Waals surface area contributed by atoms with Gasteiger partial charge >= 0.3 is 0 Å². The highest BCUT2D eigenvalue weighted by atomic mass is 16.3. The average Bonchev–Trinajstić information content (AvgIpc) is 0.974. The summed E-state index contributed by atoms with van der Waals surface area (Å²) in [7, 11) is 0. The summed E-state index contributed by atoms with van der Waals surface area (Å²) in [5, 5.41) is 7.00. The van der Waals surface area contributed by atoms with Gasteiger partial charge in [0.25, 0.3) is 6.71 Å². The van der Waals surface area contributed by atoms with E-state index in [4.69, 9.17) is 4.42 Å². The van der Waals surface area contributed by atoms with Gasteiger partial charge in [-0.15, -0.1) is 0 Å². The highest BCUT2D eigenvalue weighted by Crippen LogP contribution is 2.55. The molecule has 20 rings (SSSR count). The van der Waals surface area contributed by atoms with Crippen molar-refractivity contribution in [1.82, 2.24) is 9.13 Å². The molecule has 0 saturated carbocycles. The SMILES string of the molecule is c1ccc(-c2cccc(-c3ccccc3)c2N2c3cc(-n4c5ccccc5c5ccccc54)ccc3B3c4cc5c6ccccc6n(-c6ccccc6)c5cc4N(c4c(-c5ccccc5)cccc4-c4ccccc4)c4cc(-c5ccc6oc7ccccc7c6c5)cc2c43)cc1. The molecule has 0 radical (unpaired) electrons. The minimum Gasteiger partial charge on any atom is -0.456 e. The lowest BCUT2D eigenvalue weighted by molar-refractivity contribution is 0.669. The molecule has 0 fully saturated rings. The molecule has 446 valence electrons. The third kappa shape index (κ3) is 8.19. The van der Waals surface area contributed by atoms with E-state index >= 15 is 0 Å².